The van der Waals surface area contributed by atoms with Crippen molar-refractivity contribution in [3.05, 3.63) is 69.7 Å². The highest BCUT2D eigenvalue weighted by molar-refractivity contribution is 6.31. The second-order valence-electron chi connectivity index (χ2n) is 6.66. The highest BCUT2D eigenvalue weighted by Crippen LogP contribution is 2.39. The summed E-state index contributed by atoms with van der Waals surface area (Å²) in [7, 11) is 0. The fourth-order valence-electron chi connectivity index (χ4n) is 3.40. The molecule has 6 atom stereocenters. The van der Waals surface area contributed by atoms with Gasteiger partial charge in [0.25, 0.3) is 0 Å². The van der Waals surface area contributed by atoms with Crippen LogP contribution in [0.1, 0.15) is 23.7 Å². The number of ether oxygens (including phenoxy) is 4. The highest BCUT2D eigenvalue weighted by Gasteiger charge is 2.46. The third-order valence-electron chi connectivity index (χ3n) is 4.87. The normalized spacial score (nSPS) is 31.2. The van der Waals surface area contributed by atoms with Gasteiger partial charge in [-0.1, -0.05) is 59.6 Å². The molecule has 8 heteroatoms. The average Bonchev–Trinajstić information content (AvgIpc) is 3.35. The average molecular weight is 427 g/mol. The minimum Gasteiger partial charge on any atom is -0.394 e. The Morgan fingerprint density at radius 3 is 2.11 bits per heavy atom. The van der Waals surface area contributed by atoms with E-state index in [4.69, 9.17) is 42.1 Å². The van der Waals surface area contributed by atoms with Crippen LogP contribution in [0.25, 0.3) is 0 Å². The van der Waals surface area contributed by atoms with E-state index in [1.165, 1.54) is 0 Å². The van der Waals surface area contributed by atoms with Gasteiger partial charge in [-0.3, -0.25) is 0 Å². The van der Waals surface area contributed by atoms with E-state index in [1.807, 2.05) is 18.2 Å². The zero-order valence-corrected chi connectivity index (χ0v) is 16.3. The second kappa shape index (κ2) is 8.65. The Morgan fingerprint density at radius 2 is 1.50 bits per heavy atom. The van der Waals surface area contributed by atoms with Crippen molar-refractivity contribution in [2.45, 2.75) is 37.0 Å². The van der Waals surface area contributed by atoms with E-state index < -0.39 is 37.0 Å². The largest absolute Gasteiger partial charge is 0.394 e. The van der Waals surface area contributed by atoms with E-state index in [0.717, 1.165) is 0 Å². The quantitative estimate of drug-likeness (QED) is 0.763. The van der Waals surface area contributed by atoms with Crippen LogP contribution in [0.2, 0.25) is 10.0 Å². The Labute approximate surface area is 172 Å². The lowest BCUT2D eigenvalue weighted by molar-refractivity contribution is -0.125. The first kappa shape index (κ1) is 20.1. The number of benzene rings is 2. The van der Waals surface area contributed by atoms with Crippen molar-refractivity contribution in [1.82, 2.24) is 0 Å². The van der Waals surface area contributed by atoms with E-state index in [-0.39, 0.29) is 13.2 Å². The Kier molecular flexibility index (Phi) is 6.20. The molecule has 0 aliphatic carbocycles. The Balaban J connectivity index is 1.46. The summed E-state index contributed by atoms with van der Waals surface area (Å²) in [6, 6.07) is 14.3. The van der Waals surface area contributed by atoms with Gasteiger partial charge in [-0.25, -0.2) is 0 Å². The number of hydrogen-bond acceptors (Lipinski definition) is 6. The van der Waals surface area contributed by atoms with Crippen LogP contribution in [0.3, 0.4) is 0 Å². The number of aliphatic hydroxyl groups is 2. The molecule has 2 fully saturated rings. The molecule has 150 valence electrons. The van der Waals surface area contributed by atoms with Gasteiger partial charge in [0.2, 0.25) is 0 Å². The lowest BCUT2D eigenvalue weighted by atomic mass is 10.0. The highest BCUT2D eigenvalue weighted by atomic mass is 35.5. The molecular formula is C20H20Cl2O6. The fraction of sp³-hybridized carbons (Fsp3) is 0.400. The van der Waals surface area contributed by atoms with E-state index in [1.54, 1.807) is 30.3 Å². The molecule has 2 N–H and O–H groups in total. The van der Waals surface area contributed by atoms with Crippen LogP contribution in [0.4, 0.5) is 0 Å². The van der Waals surface area contributed by atoms with Crippen molar-refractivity contribution < 1.29 is 29.2 Å². The Hall–Kier alpha value is -1.22. The molecule has 0 spiro atoms. The van der Waals surface area contributed by atoms with Gasteiger partial charge in [0.05, 0.1) is 13.2 Å². The third kappa shape index (κ3) is 3.92. The summed E-state index contributed by atoms with van der Waals surface area (Å²) < 4.78 is 23.2. The first-order valence-electron chi connectivity index (χ1n) is 8.94. The maximum atomic E-state index is 10.8. The zero-order valence-electron chi connectivity index (χ0n) is 14.8. The molecule has 2 saturated heterocycles. The van der Waals surface area contributed by atoms with Gasteiger partial charge in [0.15, 0.2) is 12.6 Å². The van der Waals surface area contributed by atoms with Crippen molar-refractivity contribution in [3.63, 3.8) is 0 Å². The Bertz CT molecular complexity index is 819. The van der Waals surface area contributed by atoms with Crippen LogP contribution >= 0.6 is 23.2 Å². The third-order valence-corrected chi connectivity index (χ3v) is 5.56. The smallest absolute Gasteiger partial charge is 0.186 e. The van der Waals surface area contributed by atoms with Crippen LogP contribution < -0.4 is 0 Å². The summed E-state index contributed by atoms with van der Waals surface area (Å²) in [5, 5.41) is 21.5. The summed E-state index contributed by atoms with van der Waals surface area (Å²) >= 11 is 12.4. The topological polar surface area (TPSA) is 77.4 Å². The molecule has 2 aliphatic rings. The molecule has 28 heavy (non-hydrogen) atoms. The minimum atomic E-state index is -1.07. The number of halogens is 2. The van der Waals surface area contributed by atoms with Crippen LogP contribution in [-0.2, 0) is 18.9 Å². The summed E-state index contributed by atoms with van der Waals surface area (Å²) in [6.07, 6.45) is -4.72. The summed E-state index contributed by atoms with van der Waals surface area (Å²) in [5.74, 6) is 0. The standard InChI is InChI=1S/C20H20Cl2O6/c21-13-7-3-1-5-11(13)19-25-10-16(27-19)17(24)18-15(9-23)26-20(28-18)12-6-2-4-8-14(12)22/h1-8,15-20,23-24H,9-10H2/t15-,16+,17-,18-,19?,20?/m0/s1. The molecular weight excluding hydrogens is 407 g/mol. The van der Waals surface area contributed by atoms with Crippen molar-refractivity contribution in [2.75, 3.05) is 13.2 Å². The number of rotatable bonds is 5. The first-order chi connectivity index (χ1) is 13.6. The molecule has 0 radical (unpaired) electrons. The molecule has 0 amide bonds. The Morgan fingerprint density at radius 1 is 0.893 bits per heavy atom. The zero-order chi connectivity index (χ0) is 19.7. The van der Waals surface area contributed by atoms with Crippen molar-refractivity contribution in [2.24, 2.45) is 0 Å². The molecule has 4 rings (SSSR count). The molecule has 2 unspecified atom stereocenters. The monoisotopic (exact) mass is 426 g/mol. The maximum absolute atomic E-state index is 10.8. The van der Waals surface area contributed by atoms with Crippen LogP contribution in [-0.4, -0.2) is 47.8 Å². The molecule has 0 bridgehead atoms. The van der Waals surface area contributed by atoms with Crippen molar-refractivity contribution in [3.8, 4) is 0 Å². The SMILES string of the molecule is OC[C@@H]1OC(c2ccccc2Cl)O[C@@H]1[C@@H](O)[C@H]1COC(c2ccccc2Cl)O1. The van der Waals surface area contributed by atoms with Gasteiger partial charge in [0, 0.05) is 21.2 Å². The van der Waals surface area contributed by atoms with Crippen LogP contribution in [0, 0.1) is 0 Å². The predicted molar refractivity (Wildman–Crippen MR) is 102 cm³/mol. The van der Waals surface area contributed by atoms with E-state index in [2.05, 4.69) is 0 Å². The van der Waals surface area contributed by atoms with Gasteiger partial charge in [-0.15, -0.1) is 0 Å². The lowest BCUT2D eigenvalue weighted by Crippen LogP contribution is -2.45. The van der Waals surface area contributed by atoms with E-state index in [0.29, 0.717) is 21.2 Å². The molecule has 2 aromatic carbocycles. The van der Waals surface area contributed by atoms with Gasteiger partial charge in [0.1, 0.15) is 24.4 Å². The number of aliphatic hydroxyl groups excluding tert-OH is 2. The van der Waals surface area contributed by atoms with Crippen molar-refractivity contribution in [1.29, 1.82) is 0 Å². The van der Waals surface area contributed by atoms with E-state index >= 15 is 0 Å². The van der Waals surface area contributed by atoms with Crippen LogP contribution in [0.15, 0.2) is 48.5 Å². The molecule has 0 aromatic heterocycles. The first-order valence-corrected chi connectivity index (χ1v) is 9.70. The van der Waals surface area contributed by atoms with Gasteiger partial charge < -0.3 is 29.2 Å². The molecule has 2 aliphatic heterocycles. The van der Waals surface area contributed by atoms with Gasteiger partial charge >= 0.3 is 0 Å². The minimum absolute atomic E-state index is 0.159. The van der Waals surface area contributed by atoms with Crippen LogP contribution in [0.5, 0.6) is 0 Å². The summed E-state index contributed by atoms with van der Waals surface area (Å²) in [5.41, 5.74) is 1.32. The molecule has 2 aromatic rings. The van der Waals surface area contributed by atoms with E-state index in [9.17, 15) is 10.2 Å². The lowest BCUT2D eigenvalue weighted by Gasteiger charge is -2.25. The summed E-state index contributed by atoms with van der Waals surface area (Å²) in [6.45, 7) is -0.157. The molecule has 6 nitrogen and oxygen atoms in total. The second-order valence-corrected chi connectivity index (χ2v) is 7.48. The van der Waals surface area contributed by atoms with Crippen molar-refractivity contribution >= 4 is 23.2 Å². The fourth-order valence-corrected chi connectivity index (χ4v) is 3.85. The number of hydrogen-bond donors (Lipinski definition) is 2. The molecule has 0 saturated carbocycles. The van der Waals surface area contributed by atoms with Gasteiger partial charge in [-0.05, 0) is 12.1 Å². The van der Waals surface area contributed by atoms with Gasteiger partial charge in [-0.2, -0.15) is 0 Å². The predicted octanol–water partition coefficient (Wildman–Crippen LogP) is 3.24. The maximum Gasteiger partial charge on any atom is 0.186 e. The molecule has 2 heterocycles. The summed E-state index contributed by atoms with van der Waals surface area (Å²) in [4.78, 5) is 0.